The van der Waals surface area contributed by atoms with Crippen LogP contribution in [0.5, 0.6) is 11.5 Å². The highest BCUT2D eigenvalue weighted by Gasteiger charge is 2.01. The molecule has 0 bridgehead atoms. The van der Waals surface area contributed by atoms with Crippen molar-refractivity contribution in [3.8, 4) is 11.5 Å². The third-order valence-electron chi connectivity index (χ3n) is 2.10. The van der Waals surface area contributed by atoms with E-state index in [1.54, 1.807) is 24.7 Å². The zero-order valence-corrected chi connectivity index (χ0v) is 12.9. The Kier molecular flexibility index (Phi) is 7.01. The predicted molar refractivity (Wildman–Crippen MR) is 77.8 cm³/mol. The number of hydrogen-bond donors (Lipinski definition) is 0. The average Bonchev–Trinajstić information content (AvgIpc) is 2.39. The van der Waals surface area contributed by atoms with Gasteiger partial charge in [0.2, 0.25) is 12.4 Å². The molecule has 2 heterocycles. The summed E-state index contributed by atoms with van der Waals surface area (Å²) in [5.41, 5.74) is 0. The van der Waals surface area contributed by atoms with Gasteiger partial charge in [-0.25, -0.2) is 0 Å². The summed E-state index contributed by atoms with van der Waals surface area (Å²) in [6, 6.07) is 6.84. The molecule has 0 aromatic carbocycles. The molecule has 0 amide bonds. The van der Waals surface area contributed by atoms with Crippen molar-refractivity contribution >= 4 is 0 Å². The number of aromatic nitrogens is 2. The fourth-order valence-corrected chi connectivity index (χ4v) is 1.43. The van der Waals surface area contributed by atoms with Crippen molar-refractivity contribution in [1.82, 2.24) is 4.98 Å². The van der Waals surface area contributed by atoms with Crippen LogP contribution in [-0.2, 0) is 0 Å². The summed E-state index contributed by atoms with van der Waals surface area (Å²) >= 11 is 0. The van der Waals surface area contributed by atoms with Gasteiger partial charge in [0.25, 0.3) is 0 Å². The molecule has 0 aliphatic carbocycles. The third kappa shape index (κ3) is 7.77. The second-order valence-corrected chi connectivity index (χ2v) is 4.90. The minimum Gasteiger partial charge on any atom is -0.868 e. The van der Waals surface area contributed by atoms with E-state index in [9.17, 15) is 5.11 Å². The predicted octanol–water partition coefficient (Wildman–Crippen LogP) is 1.75. The summed E-state index contributed by atoms with van der Waals surface area (Å²) in [6.45, 7) is 7.82. The van der Waals surface area contributed by atoms with Gasteiger partial charge in [-0.3, -0.25) is 9.82 Å². The van der Waals surface area contributed by atoms with Crippen LogP contribution < -0.4 is 19.4 Å². The van der Waals surface area contributed by atoms with E-state index in [0.29, 0.717) is 0 Å². The normalized spacial score (nSPS) is 10.0. The lowest BCUT2D eigenvalue weighted by molar-refractivity contribution is -0.898. The van der Waals surface area contributed by atoms with E-state index in [-0.39, 0.29) is 18.0 Å². The van der Waals surface area contributed by atoms with Crippen LogP contribution in [0.15, 0.2) is 49.1 Å². The first-order valence-electron chi connectivity index (χ1n) is 6.89. The molecule has 0 N–H and O–H groups in total. The Morgan fingerprint density at radius 1 is 1.05 bits per heavy atom. The number of hydrogen-bond acceptors (Lipinski definition) is 4. The molecule has 0 atom stereocenters. The van der Waals surface area contributed by atoms with Crippen molar-refractivity contribution < 1.29 is 19.4 Å². The van der Waals surface area contributed by atoms with Gasteiger partial charge in [0.05, 0.1) is 6.10 Å². The highest BCUT2D eigenvalue weighted by atomic mass is 16.7. The molecule has 0 radical (unpaired) electrons. The highest BCUT2D eigenvalue weighted by Crippen LogP contribution is 2.08. The van der Waals surface area contributed by atoms with E-state index in [1.807, 2.05) is 39.8 Å². The minimum atomic E-state index is -0.0480. The van der Waals surface area contributed by atoms with E-state index >= 15 is 0 Å². The van der Waals surface area contributed by atoms with E-state index < -0.39 is 0 Å². The molecular weight excluding hydrogens is 268 g/mol. The maximum absolute atomic E-state index is 10.8. The van der Waals surface area contributed by atoms with Gasteiger partial charge in [-0.1, -0.05) is 6.07 Å². The lowest BCUT2D eigenvalue weighted by Crippen LogP contribution is -2.45. The zero-order chi connectivity index (χ0) is 15.7. The first-order valence-corrected chi connectivity index (χ1v) is 6.89. The molecular formula is C16H22N2O3. The fraction of sp³-hybridized carbons (Fsp3) is 0.375. The molecule has 114 valence electrons. The van der Waals surface area contributed by atoms with Crippen molar-refractivity contribution in [3.05, 3.63) is 49.1 Å². The van der Waals surface area contributed by atoms with Crippen molar-refractivity contribution in [2.75, 3.05) is 0 Å². The summed E-state index contributed by atoms with van der Waals surface area (Å²) in [5.74, 6) is 0.832. The molecule has 5 heteroatoms. The Morgan fingerprint density at radius 3 is 2.24 bits per heavy atom. The maximum atomic E-state index is 10.8. The molecule has 0 saturated carbocycles. The molecule has 0 unspecified atom stereocenters. The summed E-state index contributed by atoms with van der Waals surface area (Å²) in [5, 5.41) is 10.8. The van der Waals surface area contributed by atoms with Crippen molar-refractivity contribution in [2.24, 2.45) is 0 Å². The molecule has 21 heavy (non-hydrogen) atoms. The standard InChI is InChI=1S/C8H11NO2.C8H11NO/c1-7(2)11-9-5-3-4-8(10)6-9;1-7(2)10-8-3-5-9-6-4-8/h3-7H,1-2H3;3-7H,1-2H3. The van der Waals surface area contributed by atoms with E-state index in [4.69, 9.17) is 9.57 Å². The van der Waals surface area contributed by atoms with Crippen molar-refractivity contribution in [2.45, 2.75) is 39.9 Å². The molecule has 0 spiro atoms. The van der Waals surface area contributed by atoms with Crippen LogP contribution >= 0.6 is 0 Å². The van der Waals surface area contributed by atoms with Crippen LogP contribution in [-0.4, -0.2) is 17.2 Å². The van der Waals surface area contributed by atoms with Gasteiger partial charge in [0.15, 0.2) is 6.10 Å². The first kappa shape index (κ1) is 16.8. The Bertz CT molecular complexity index is 516. The van der Waals surface area contributed by atoms with Crippen LogP contribution in [0.1, 0.15) is 27.7 Å². The average molecular weight is 290 g/mol. The smallest absolute Gasteiger partial charge is 0.222 e. The maximum Gasteiger partial charge on any atom is 0.222 e. The summed E-state index contributed by atoms with van der Waals surface area (Å²) in [7, 11) is 0. The number of rotatable bonds is 4. The Labute approximate surface area is 125 Å². The van der Waals surface area contributed by atoms with Crippen LogP contribution in [0, 0.1) is 0 Å². The summed E-state index contributed by atoms with van der Waals surface area (Å²) < 4.78 is 6.80. The second-order valence-electron chi connectivity index (χ2n) is 4.90. The van der Waals surface area contributed by atoms with Crippen molar-refractivity contribution in [3.63, 3.8) is 0 Å². The number of ether oxygens (including phenoxy) is 1. The van der Waals surface area contributed by atoms with Gasteiger partial charge in [0.1, 0.15) is 5.75 Å². The Balaban J connectivity index is 0.000000211. The van der Waals surface area contributed by atoms with E-state index in [0.717, 1.165) is 5.75 Å². The lowest BCUT2D eigenvalue weighted by Gasteiger charge is -2.07. The molecule has 5 nitrogen and oxygen atoms in total. The summed E-state index contributed by atoms with van der Waals surface area (Å²) in [6.07, 6.45) is 6.86. The highest BCUT2D eigenvalue weighted by molar-refractivity contribution is 5.16. The largest absolute Gasteiger partial charge is 0.868 e. The van der Waals surface area contributed by atoms with Crippen LogP contribution in [0.25, 0.3) is 0 Å². The molecule has 0 aliphatic rings. The van der Waals surface area contributed by atoms with E-state index in [1.165, 1.54) is 17.0 Å². The van der Waals surface area contributed by atoms with Gasteiger partial charge in [0, 0.05) is 23.2 Å². The zero-order valence-electron chi connectivity index (χ0n) is 12.9. The van der Waals surface area contributed by atoms with Crippen molar-refractivity contribution in [1.29, 1.82) is 0 Å². The van der Waals surface area contributed by atoms with Gasteiger partial charge in [-0.2, -0.15) is 0 Å². The third-order valence-corrected chi connectivity index (χ3v) is 2.10. The Hall–Kier alpha value is -2.30. The first-order chi connectivity index (χ1) is 9.97. The minimum absolute atomic E-state index is 0.0480. The lowest BCUT2D eigenvalue weighted by atomic mass is 10.4. The van der Waals surface area contributed by atoms with Gasteiger partial charge < -0.3 is 9.84 Å². The van der Waals surface area contributed by atoms with Crippen LogP contribution in [0.4, 0.5) is 0 Å². The Morgan fingerprint density at radius 2 is 1.71 bits per heavy atom. The number of nitrogens with zero attached hydrogens (tertiary/aromatic N) is 2. The molecule has 2 aromatic rings. The molecule has 0 saturated heterocycles. The van der Waals surface area contributed by atoms with Gasteiger partial charge >= 0.3 is 0 Å². The molecule has 2 rings (SSSR count). The topological polar surface area (TPSA) is 58.3 Å². The fourth-order valence-electron chi connectivity index (χ4n) is 1.43. The molecule has 2 aromatic heterocycles. The monoisotopic (exact) mass is 290 g/mol. The quantitative estimate of drug-likeness (QED) is 0.805. The second kappa shape index (κ2) is 8.79. The summed E-state index contributed by atoms with van der Waals surface area (Å²) in [4.78, 5) is 9.08. The van der Waals surface area contributed by atoms with Crippen LogP contribution in [0.3, 0.4) is 0 Å². The number of pyridine rings is 2. The van der Waals surface area contributed by atoms with Gasteiger partial charge in [-0.05, 0) is 45.6 Å². The SMILES string of the molecule is CC(C)O[n+]1cccc([O-])c1.CC(C)Oc1ccncc1. The van der Waals surface area contributed by atoms with E-state index in [2.05, 4.69) is 4.98 Å². The molecule has 0 fully saturated rings. The van der Waals surface area contributed by atoms with Crippen LogP contribution in [0.2, 0.25) is 0 Å². The van der Waals surface area contributed by atoms with Gasteiger partial charge in [-0.15, -0.1) is 0 Å². The molecule has 0 aliphatic heterocycles.